The number of Topliss-reactive ketones (excluding diaryl/α,β-unsaturated/α-hetero) is 1. The molecule has 0 unspecified atom stereocenters. The molecule has 0 saturated heterocycles. The van der Waals surface area contributed by atoms with Gasteiger partial charge in [-0.05, 0) is 27.6 Å². The van der Waals surface area contributed by atoms with Crippen molar-refractivity contribution >= 4 is 27.7 Å². The van der Waals surface area contributed by atoms with E-state index in [2.05, 4.69) is 15.9 Å². The molecule has 14 heavy (non-hydrogen) atoms. The molecular weight excluding hydrogens is 252 g/mol. The molecule has 74 valence electrons. The fourth-order valence-corrected chi connectivity index (χ4v) is 1.36. The number of halogens is 1. The molecule has 4 nitrogen and oxygen atoms in total. The standard InChI is InChI=1S/C9H7BrO4/c10-8-5(2-1-3-6(8)11)4-7(12)9(13)14/h1-3,11H,4H2,(H,13,14). The molecule has 0 aromatic heterocycles. The van der Waals surface area contributed by atoms with Crippen LogP contribution in [0.25, 0.3) is 0 Å². The number of phenolic OH excluding ortho intramolecular Hbond substituents is 1. The van der Waals surface area contributed by atoms with Gasteiger partial charge in [0.05, 0.1) is 4.47 Å². The van der Waals surface area contributed by atoms with E-state index in [-0.39, 0.29) is 12.2 Å². The molecule has 0 heterocycles. The van der Waals surface area contributed by atoms with Crippen molar-refractivity contribution in [2.75, 3.05) is 0 Å². The number of carboxylic acid groups (broad SMARTS) is 1. The van der Waals surface area contributed by atoms with Gasteiger partial charge in [0.25, 0.3) is 0 Å². The van der Waals surface area contributed by atoms with Crippen molar-refractivity contribution in [1.29, 1.82) is 0 Å². The second-order valence-corrected chi connectivity index (χ2v) is 3.45. The number of rotatable bonds is 3. The Bertz CT molecular complexity index is 386. The number of aromatic hydroxyl groups is 1. The van der Waals surface area contributed by atoms with E-state index in [1.807, 2.05) is 0 Å². The number of hydrogen-bond donors (Lipinski definition) is 2. The van der Waals surface area contributed by atoms with Crippen LogP contribution in [0.2, 0.25) is 0 Å². The van der Waals surface area contributed by atoms with Gasteiger partial charge in [-0.15, -0.1) is 0 Å². The molecule has 2 N–H and O–H groups in total. The van der Waals surface area contributed by atoms with Crippen LogP contribution in [0.5, 0.6) is 5.75 Å². The maximum atomic E-state index is 10.9. The number of carbonyl (C=O) groups excluding carboxylic acids is 1. The van der Waals surface area contributed by atoms with Gasteiger partial charge >= 0.3 is 5.97 Å². The third-order valence-electron chi connectivity index (χ3n) is 1.65. The van der Waals surface area contributed by atoms with Crippen molar-refractivity contribution in [2.45, 2.75) is 6.42 Å². The third-order valence-corrected chi connectivity index (χ3v) is 2.56. The van der Waals surface area contributed by atoms with Crippen molar-refractivity contribution in [1.82, 2.24) is 0 Å². The fourth-order valence-electron chi connectivity index (χ4n) is 0.951. The van der Waals surface area contributed by atoms with Crippen LogP contribution >= 0.6 is 15.9 Å². The molecule has 0 aliphatic carbocycles. The first kappa shape index (κ1) is 10.7. The molecule has 0 aliphatic rings. The molecule has 1 aromatic carbocycles. The first-order valence-electron chi connectivity index (χ1n) is 3.75. The predicted molar refractivity (Wildman–Crippen MR) is 52.2 cm³/mol. The highest BCUT2D eigenvalue weighted by atomic mass is 79.9. The number of ketones is 1. The van der Waals surface area contributed by atoms with Crippen molar-refractivity contribution in [2.24, 2.45) is 0 Å². The lowest BCUT2D eigenvalue weighted by molar-refractivity contribution is -0.148. The van der Waals surface area contributed by atoms with Gasteiger partial charge < -0.3 is 10.2 Å². The van der Waals surface area contributed by atoms with Crippen LogP contribution in [0, 0.1) is 0 Å². The maximum absolute atomic E-state index is 10.9. The zero-order valence-corrected chi connectivity index (χ0v) is 8.61. The average molecular weight is 259 g/mol. The number of carboxylic acids is 1. The van der Waals surface area contributed by atoms with E-state index in [0.717, 1.165) is 0 Å². The second kappa shape index (κ2) is 4.23. The zero-order valence-electron chi connectivity index (χ0n) is 7.03. The molecular formula is C9H7BrO4. The minimum Gasteiger partial charge on any atom is -0.507 e. The van der Waals surface area contributed by atoms with Crippen LogP contribution in [0.3, 0.4) is 0 Å². The van der Waals surface area contributed by atoms with Crippen LogP contribution in [0.4, 0.5) is 0 Å². The Hall–Kier alpha value is -1.36. The third kappa shape index (κ3) is 2.32. The Morgan fingerprint density at radius 2 is 2.00 bits per heavy atom. The molecule has 0 amide bonds. The largest absolute Gasteiger partial charge is 0.507 e. The molecule has 0 bridgehead atoms. The Morgan fingerprint density at radius 3 is 2.57 bits per heavy atom. The van der Waals surface area contributed by atoms with E-state index in [9.17, 15) is 14.7 Å². The maximum Gasteiger partial charge on any atom is 0.372 e. The molecule has 0 aliphatic heterocycles. The first-order valence-corrected chi connectivity index (χ1v) is 4.54. The quantitative estimate of drug-likeness (QED) is 0.803. The number of benzene rings is 1. The first-order chi connectivity index (χ1) is 6.52. The van der Waals surface area contributed by atoms with Crippen molar-refractivity contribution in [3.05, 3.63) is 28.2 Å². The van der Waals surface area contributed by atoms with Crippen molar-refractivity contribution < 1.29 is 19.8 Å². The topological polar surface area (TPSA) is 74.6 Å². The highest BCUT2D eigenvalue weighted by molar-refractivity contribution is 9.10. The van der Waals surface area contributed by atoms with Gasteiger partial charge in [-0.2, -0.15) is 0 Å². The van der Waals surface area contributed by atoms with Crippen LogP contribution < -0.4 is 0 Å². The van der Waals surface area contributed by atoms with E-state index < -0.39 is 11.8 Å². The van der Waals surface area contributed by atoms with Crippen LogP contribution in [-0.2, 0) is 16.0 Å². The summed E-state index contributed by atoms with van der Waals surface area (Å²) in [5, 5.41) is 17.6. The summed E-state index contributed by atoms with van der Waals surface area (Å²) in [6.07, 6.45) is -0.232. The fraction of sp³-hybridized carbons (Fsp3) is 0.111. The highest BCUT2D eigenvalue weighted by Crippen LogP contribution is 2.27. The van der Waals surface area contributed by atoms with E-state index in [1.165, 1.54) is 6.07 Å². The van der Waals surface area contributed by atoms with Gasteiger partial charge in [0.1, 0.15) is 5.75 Å². The highest BCUT2D eigenvalue weighted by Gasteiger charge is 2.14. The summed E-state index contributed by atoms with van der Waals surface area (Å²) in [5.41, 5.74) is 0.456. The van der Waals surface area contributed by atoms with Gasteiger partial charge in [0, 0.05) is 6.42 Å². The summed E-state index contributed by atoms with van der Waals surface area (Å²) in [6.45, 7) is 0. The zero-order chi connectivity index (χ0) is 10.7. The molecule has 5 heteroatoms. The molecule has 0 radical (unpaired) electrons. The average Bonchev–Trinajstić information content (AvgIpc) is 2.12. The summed E-state index contributed by atoms with van der Waals surface area (Å²) in [5.74, 6) is -2.39. The molecule has 1 rings (SSSR count). The summed E-state index contributed by atoms with van der Waals surface area (Å²) in [7, 11) is 0. The summed E-state index contributed by atoms with van der Waals surface area (Å²) in [6, 6.07) is 4.56. The predicted octanol–water partition coefficient (Wildman–Crippen LogP) is 1.35. The second-order valence-electron chi connectivity index (χ2n) is 2.66. The van der Waals surface area contributed by atoms with Crippen molar-refractivity contribution in [3.8, 4) is 5.75 Å². The minimum atomic E-state index is -1.47. The lowest BCUT2D eigenvalue weighted by Crippen LogP contribution is -2.15. The minimum absolute atomic E-state index is 0.0133. The van der Waals surface area contributed by atoms with E-state index >= 15 is 0 Å². The number of hydrogen-bond acceptors (Lipinski definition) is 3. The van der Waals surface area contributed by atoms with Gasteiger partial charge in [0.2, 0.25) is 5.78 Å². The lowest BCUT2D eigenvalue weighted by Gasteiger charge is -2.03. The molecule has 0 spiro atoms. The summed E-state index contributed by atoms with van der Waals surface area (Å²) in [4.78, 5) is 21.1. The van der Waals surface area contributed by atoms with E-state index in [1.54, 1.807) is 12.1 Å². The van der Waals surface area contributed by atoms with Crippen LogP contribution in [-0.4, -0.2) is 22.0 Å². The number of carbonyl (C=O) groups is 2. The Balaban J connectivity index is 2.93. The van der Waals surface area contributed by atoms with E-state index in [4.69, 9.17) is 5.11 Å². The van der Waals surface area contributed by atoms with Gasteiger partial charge in [-0.1, -0.05) is 12.1 Å². The molecule has 0 fully saturated rings. The van der Waals surface area contributed by atoms with Gasteiger partial charge in [-0.25, -0.2) is 4.79 Å². The van der Waals surface area contributed by atoms with E-state index in [0.29, 0.717) is 10.0 Å². The SMILES string of the molecule is O=C(O)C(=O)Cc1cccc(O)c1Br. The lowest BCUT2D eigenvalue weighted by atomic mass is 10.1. The number of phenols is 1. The normalized spacial score (nSPS) is 9.79. The Kier molecular flexibility index (Phi) is 3.24. The summed E-state index contributed by atoms with van der Waals surface area (Å²) < 4.78 is 0.356. The molecule has 0 atom stereocenters. The molecule has 1 aromatic rings. The smallest absolute Gasteiger partial charge is 0.372 e. The summed E-state index contributed by atoms with van der Waals surface area (Å²) >= 11 is 3.06. The Morgan fingerprint density at radius 1 is 1.36 bits per heavy atom. The van der Waals surface area contributed by atoms with Gasteiger partial charge in [0.15, 0.2) is 0 Å². The van der Waals surface area contributed by atoms with Crippen molar-refractivity contribution in [3.63, 3.8) is 0 Å². The van der Waals surface area contributed by atoms with Gasteiger partial charge in [-0.3, -0.25) is 4.79 Å². The molecule has 0 saturated carbocycles. The van der Waals surface area contributed by atoms with Crippen LogP contribution in [0.15, 0.2) is 22.7 Å². The Labute approximate surface area is 88.3 Å². The monoisotopic (exact) mass is 258 g/mol. The van der Waals surface area contributed by atoms with Crippen LogP contribution in [0.1, 0.15) is 5.56 Å². The number of aliphatic carboxylic acids is 1.